The van der Waals surface area contributed by atoms with Gasteiger partial charge in [-0.15, -0.1) is 0 Å². The average Bonchev–Trinajstić information content (AvgIpc) is 2.50. The van der Waals surface area contributed by atoms with Crippen molar-refractivity contribution in [2.75, 3.05) is 5.75 Å². The third-order valence-electron chi connectivity index (χ3n) is 1.83. The number of nitrogens with zero attached hydrogens (tertiary/aromatic N) is 2. The molecule has 2 nitrogen and oxygen atoms in total. The highest BCUT2D eigenvalue weighted by Crippen LogP contribution is 2.02. The fourth-order valence-electron chi connectivity index (χ4n) is 1.24. The van der Waals surface area contributed by atoms with Gasteiger partial charge in [0.2, 0.25) is 0 Å². The van der Waals surface area contributed by atoms with Crippen LogP contribution in [0.1, 0.15) is 25.6 Å². The molecule has 0 aliphatic heterocycles. The fraction of sp³-hybridized carbons (Fsp3) is 0.667. The first-order valence-electron chi connectivity index (χ1n) is 4.49. The van der Waals surface area contributed by atoms with Gasteiger partial charge in [0.25, 0.3) is 0 Å². The largest absolute Gasteiger partial charge is 0.335 e. The van der Waals surface area contributed by atoms with E-state index >= 15 is 0 Å². The number of aryl methyl sites for hydroxylation is 2. The van der Waals surface area contributed by atoms with E-state index in [2.05, 4.69) is 35.3 Å². The second-order valence-corrected chi connectivity index (χ2v) is 3.31. The average molecular weight is 184 g/mol. The minimum absolute atomic E-state index is 0.948. The summed E-state index contributed by atoms with van der Waals surface area (Å²) in [6, 6.07) is 0. The first kappa shape index (κ1) is 9.65. The lowest BCUT2D eigenvalue weighted by Crippen LogP contribution is -2.03. The number of imidazole rings is 1. The van der Waals surface area contributed by atoms with Crippen LogP contribution >= 0.6 is 12.6 Å². The van der Waals surface area contributed by atoms with Crippen LogP contribution in [-0.2, 0) is 13.0 Å². The van der Waals surface area contributed by atoms with Gasteiger partial charge in [0, 0.05) is 25.4 Å². The Morgan fingerprint density at radius 2 is 2.42 bits per heavy atom. The summed E-state index contributed by atoms with van der Waals surface area (Å²) in [7, 11) is 0. The molecule has 0 aromatic carbocycles. The Labute approximate surface area is 79.4 Å². The third-order valence-corrected chi connectivity index (χ3v) is 2.15. The molecule has 1 rings (SSSR count). The molecule has 0 N–H and O–H groups in total. The number of thiol groups is 1. The molecule has 1 aromatic rings. The Kier molecular flexibility index (Phi) is 4.22. The summed E-state index contributed by atoms with van der Waals surface area (Å²) in [5.41, 5.74) is 0. The van der Waals surface area contributed by atoms with Gasteiger partial charge >= 0.3 is 0 Å². The molecule has 0 saturated heterocycles. The molecule has 0 amide bonds. The zero-order valence-corrected chi connectivity index (χ0v) is 8.43. The van der Waals surface area contributed by atoms with Crippen LogP contribution < -0.4 is 0 Å². The van der Waals surface area contributed by atoms with Crippen molar-refractivity contribution in [2.24, 2.45) is 0 Å². The molecule has 3 heteroatoms. The summed E-state index contributed by atoms with van der Waals surface area (Å²) < 4.78 is 2.22. The minimum Gasteiger partial charge on any atom is -0.335 e. The molecular weight excluding hydrogens is 168 g/mol. The van der Waals surface area contributed by atoms with E-state index in [1.165, 1.54) is 5.82 Å². The van der Waals surface area contributed by atoms with E-state index in [0.29, 0.717) is 0 Å². The lowest BCUT2D eigenvalue weighted by molar-refractivity contribution is 0.634. The molecule has 0 radical (unpaired) electrons. The number of hydrogen-bond donors (Lipinski definition) is 1. The highest BCUT2D eigenvalue weighted by atomic mass is 32.1. The third kappa shape index (κ3) is 2.55. The van der Waals surface area contributed by atoms with Gasteiger partial charge in [0.15, 0.2) is 0 Å². The Morgan fingerprint density at radius 1 is 1.58 bits per heavy atom. The van der Waals surface area contributed by atoms with E-state index in [9.17, 15) is 0 Å². The van der Waals surface area contributed by atoms with Gasteiger partial charge < -0.3 is 4.57 Å². The Morgan fingerprint density at radius 3 is 3.08 bits per heavy atom. The van der Waals surface area contributed by atoms with Gasteiger partial charge in [-0.3, -0.25) is 0 Å². The van der Waals surface area contributed by atoms with Crippen LogP contribution in [0.2, 0.25) is 0 Å². The van der Waals surface area contributed by atoms with Crippen LogP contribution in [0, 0.1) is 0 Å². The molecule has 0 spiro atoms. The summed E-state index contributed by atoms with van der Waals surface area (Å²) >= 11 is 4.18. The maximum Gasteiger partial charge on any atom is 0.108 e. The predicted octanol–water partition coefficient (Wildman–Crippen LogP) is 2.16. The van der Waals surface area contributed by atoms with Gasteiger partial charge in [0.05, 0.1) is 0 Å². The number of hydrogen-bond acceptors (Lipinski definition) is 2. The van der Waals surface area contributed by atoms with E-state index < -0.39 is 0 Å². The highest BCUT2D eigenvalue weighted by molar-refractivity contribution is 7.80. The highest BCUT2D eigenvalue weighted by Gasteiger charge is 1.99. The summed E-state index contributed by atoms with van der Waals surface area (Å²) in [5, 5.41) is 0. The molecule has 0 bridgehead atoms. The molecule has 12 heavy (non-hydrogen) atoms. The zero-order chi connectivity index (χ0) is 8.81. The van der Waals surface area contributed by atoms with Crippen molar-refractivity contribution in [1.82, 2.24) is 9.55 Å². The normalized spacial score (nSPS) is 10.5. The van der Waals surface area contributed by atoms with Crippen LogP contribution in [0.25, 0.3) is 0 Å². The lowest BCUT2D eigenvalue weighted by Gasteiger charge is -2.04. The molecule has 1 aromatic heterocycles. The van der Waals surface area contributed by atoms with Crippen LogP contribution in [0.4, 0.5) is 0 Å². The maximum atomic E-state index is 4.30. The van der Waals surface area contributed by atoms with Gasteiger partial charge in [-0.25, -0.2) is 4.98 Å². The molecule has 0 atom stereocenters. The SMILES string of the molecule is CCCc1nccn1CCCS. The van der Waals surface area contributed by atoms with E-state index in [1.807, 2.05) is 6.20 Å². The predicted molar refractivity (Wildman–Crippen MR) is 54.7 cm³/mol. The maximum absolute atomic E-state index is 4.30. The molecule has 0 unspecified atom stereocenters. The van der Waals surface area contributed by atoms with Crippen molar-refractivity contribution >= 4 is 12.6 Å². The Bertz CT molecular complexity index is 220. The van der Waals surface area contributed by atoms with E-state index in [4.69, 9.17) is 0 Å². The van der Waals surface area contributed by atoms with Crippen LogP contribution in [0.5, 0.6) is 0 Å². The van der Waals surface area contributed by atoms with Crippen LogP contribution in [-0.4, -0.2) is 15.3 Å². The quantitative estimate of drug-likeness (QED) is 0.694. The molecule has 1 heterocycles. The standard InChI is InChI=1S/C9H16N2S/c1-2-4-9-10-5-7-11(9)6-3-8-12/h5,7,12H,2-4,6,8H2,1H3. The van der Waals surface area contributed by atoms with E-state index in [1.54, 1.807) is 0 Å². The Hall–Kier alpha value is -0.440. The van der Waals surface area contributed by atoms with Gasteiger partial charge in [-0.2, -0.15) is 12.6 Å². The molecule has 0 saturated carbocycles. The second-order valence-electron chi connectivity index (χ2n) is 2.86. The van der Waals surface area contributed by atoms with Crippen molar-refractivity contribution in [3.8, 4) is 0 Å². The smallest absolute Gasteiger partial charge is 0.108 e. The number of rotatable bonds is 5. The van der Waals surface area contributed by atoms with E-state index in [-0.39, 0.29) is 0 Å². The van der Waals surface area contributed by atoms with Crippen molar-refractivity contribution in [1.29, 1.82) is 0 Å². The van der Waals surface area contributed by atoms with E-state index in [0.717, 1.165) is 31.6 Å². The molecule has 0 aliphatic carbocycles. The summed E-state index contributed by atoms with van der Waals surface area (Å²) in [6.07, 6.45) is 7.30. The van der Waals surface area contributed by atoms with Gasteiger partial charge in [-0.05, 0) is 18.6 Å². The lowest BCUT2D eigenvalue weighted by atomic mass is 10.3. The summed E-state index contributed by atoms with van der Waals surface area (Å²) in [4.78, 5) is 4.30. The van der Waals surface area contributed by atoms with Gasteiger partial charge in [-0.1, -0.05) is 6.92 Å². The summed E-state index contributed by atoms with van der Waals surface area (Å²) in [6.45, 7) is 3.23. The van der Waals surface area contributed by atoms with Crippen molar-refractivity contribution < 1.29 is 0 Å². The fourth-order valence-corrected chi connectivity index (χ4v) is 1.38. The first-order chi connectivity index (χ1) is 5.88. The van der Waals surface area contributed by atoms with Crippen molar-refractivity contribution in [3.63, 3.8) is 0 Å². The minimum atomic E-state index is 0.948. The molecule has 0 fully saturated rings. The Balaban J connectivity index is 2.51. The second kappa shape index (κ2) is 5.25. The molecular formula is C9H16N2S. The van der Waals surface area contributed by atoms with Crippen molar-refractivity contribution in [3.05, 3.63) is 18.2 Å². The van der Waals surface area contributed by atoms with Crippen LogP contribution in [0.15, 0.2) is 12.4 Å². The van der Waals surface area contributed by atoms with Crippen molar-refractivity contribution in [2.45, 2.75) is 32.7 Å². The van der Waals surface area contributed by atoms with Gasteiger partial charge in [0.1, 0.15) is 5.82 Å². The summed E-state index contributed by atoms with van der Waals surface area (Å²) in [5.74, 6) is 2.16. The molecule has 68 valence electrons. The first-order valence-corrected chi connectivity index (χ1v) is 5.12. The zero-order valence-electron chi connectivity index (χ0n) is 7.53. The topological polar surface area (TPSA) is 17.8 Å². The number of aromatic nitrogens is 2. The van der Waals surface area contributed by atoms with Crippen LogP contribution in [0.3, 0.4) is 0 Å². The monoisotopic (exact) mass is 184 g/mol. The molecule has 0 aliphatic rings.